The summed E-state index contributed by atoms with van der Waals surface area (Å²) in [5, 5.41) is 0. The molecule has 0 bridgehead atoms. The average molecular weight is 255 g/mol. The van der Waals surface area contributed by atoms with Crippen LogP contribution < -0.4 is 0 Å². The van der Waals surface area contributed by atoms with Crippen molar-refractivity contribution in [2.45, 2.75) is 59.3 Å². The SMILES string of the molecule is CCC=N/C1=C(\C)CCCc2cccc(C)c2C1C. The molecule has 1 nitrogen and oxygen atoms in total. The van der Waals surface area contributed by atoms with E-state index in [4.69, 9.17) is 4.99 Å². The minimum Gasteiger partial charge on any atom is -0.265 e. The first-order valence-corrected chi connectivity index (χ1v) is 7.45. The van der Waals surface area contributed by atoms with Crippen molar-refractivity contribution in [3.05, 3.63) is 46.2 Å². The summed E-state index contributed by atoms with van der Waals surface area (Å²) < 4.78 is 0. The average Bonchev–Trinajstić information content (AvgIpc) is 2.37. The lowest BCUT2D eigenvalue weighted by Gasteiger charge is -2.24. The Labute approximate surface area is 117 Å². The summed E-state index contributed by atoms with van der Waals surface area (Å²) in [4.78, 5) is 4.76. The second-order valence-electron chi connectivity index (χ2n) is 5.61. The summed E-state index contributed by atoms with van der Waals surface area (Å²) in [6.45, 7) is 8.94. The minimum absolute atomic E-state index is 0.416. The molecular formula is C18H25N. The Kier molecular flexibility index (Phi) is 4.57. The highest BCUT2D eigenvalue weighted by Crippen LogP contribution is 2.35. The largest absolute Gasteiger partial charge is 0.265 e. The number of aliphatic imine (C=N–C) groups is 1. The van der Waals surface area contributed by atoms with Crippen LogP contribution in [0.1, 0.15) is 62.6 Å². The molecule has 0 saturated carbocycles. The molecule has 0 heterocycles. The molecular weight excluding hydrogens is 230 g/mol. The number of allylic oxidation sites excluding steroid dienone is 2. The third-order valence-corrected chi connectivity index (χ3v) is 4.11. The number of fused-ring (bicyclic) bond motifs is 1. The number of hydrogen-bond acceptors (Lipinski definition) is 1. The third kappa shape index (κ3) is 2.97. The van der Waals surface area contributed by atoms with E-state index in [0.717, 1.165) is 6.42 Å². The molecule has 102 valence electrons. The first-order chi connectivity index (χ1) is 9.15. The van der Waals surface area contributed by atoms with E-state index in [9.17, 15) is 0 Å². The number of aryl methyl sites for hydroxylation is 2. The Morgan fingerprint density at radius 2 is 2.05 bits per heavy atom. The Bertz CT molecular complexity index is 508. The van der Waals surface area contributed by atoms with Crippen LogP contribution in [0.25, 0.3) is 0 Å². The zero-order valence-corrected chi connectivity index (χ0v) is 12.7. The minimum atomic E-state index is 0.416. The van der Waals surface area contributed by atoms with Crippen LogP contribution in [0.15, 0.2) is 34.5 Å². The molecule has 0 N–H and O–H groups in total. The lowest BCUT2D eigenvalue weighted by atomic mass is 9.83. The third-order valence-electron chi connectivity index (χ3n) is 4.11. The predicted molar refractivity (Wildman–Crippen MR) is 84.0 cm³/mol. The van der Waals surface area contributed by atoms with Gasteiger partial charge in [-0.3, -0.25) is 4.99 Å². The molecule has 2 rings (SSSR count). The van der Waals surface area contributed by atoms with Gasteiger partial charge in [0.05, 0.1) is 0 Å². The van der Waals surface area contributed by atoms with Crippen LogP contribution in [0.2, 0.25) is 0 Å². The van der Waals surface area contributed by atoms with Crippen LogP contribution in [0.5, 0.6) is 0 Å². The van der Waals surface area contributed by atoms with E-state index >= 15 is 0 Å². The normalized spacial score (nSPS) is 24.1. The van der Waals surface area contributed by atoms with Crippen molar-refractivity contribution in [2.75, 3.05) is 0 Å². The highest BCUT2D eigenvalue weighted by Gasteiger charge is 2.20. The van der Waals surface area contributed by atoms with Gasteiger partial charge in [0.2, 0.25) is 0 Å². The van der Waals surface area contributed by atoms with Gasteiger partial charge in [-0.2, -0.15) is 0 Å². The topological polar surface area (TPSA) is 12.4 Å². The zero-order valence-electron chi connectivity index (χ0n) is 12.7. The van der Waals surface area contributed by atoms with Crippen molar-refractivity contribution in [1.82, 2.24) is 0 Å². The summed E-state index contributed by atoms with van der Waals surface area (Å²) in [5.41, 5.74) is 7.18. The lowest BCUT2D eigenvalue weighted by molar-refractivity contribution is 0.728. The fourth-order valence-electron chi connectivity index (χ4n) is 3.17. The standard InChI is InChI=1S/C18H25N/c1-5-12-19-18-14(3)9-7-11-16-10-6-8-13(2)17(16)15(18)4/h6,8,10,12,15H,5,7,9,11H2,1-4H3/b18-14+,19-12?. The van der Waals surface area contributed by atoms with Crippen LogP contribution in [-0.2, 0) is 6.42 Å². The summed E-state index contributed by atoms with van der Waals surface area (Å²) in [6.07, 6.45) is 6.66. The van der Waals surface area contributed by atoms with Gasteiger partial charge in [0.25, 0.3) is 0 Å². The van der Waals surface area contributed by atoms with Crippen molar-refractivity contribution in [3.8, 4) is 0 Å². The molecule has 0 amide bonds. The fourth-order valence-corrected chi connectivity index (χ4v) is 3.17. The highest BCUT2D eigenvalue weighted by atomic mass is 14.7. The van der Waals surface area contributed by atoms with E-state index in [0.29, 0.717) is 5.92 Å². The van der Waals surface area contributed by atoms with Crippen LogP contribution in [0, 0.1) is 6.92 Å². The fraction of sp³-hybridized carbons (Fsp3) is 0.500. The summed E-state index contributed by atoms with van der Waals surface area (Å²) in [7, 11) is 0. The molecule has 1 aliphatic carbocycles. The molecule has 0 saturated heterocycles. The van der Waals surface area contributed by atoms with Crippen molar-refractivity contribution < 1.29 is 0 Å². The number of nitrogens with zero attached hydrogens (tertiary/aromatic N) is 1. The summed E-state index contributed by atoms with van der Waals surface area (Å²) in [5.74, 6) is 0.416. The molecule has 19 heavy (non-hydrogen) atoms. The van der Waals surface area contributed by atoms with E-state index in [-0.39, 0.29) is 0 Å². The lowest BCUT2D eigenvalue weighted by Crippen LogP contribution is -2.09. The number of rotatable bonds is 2. The highest BCUT2D eigenvalue weighted by molar-refractivity contribution is 5.59. The predicted octanol–water partition coefficient (Wildman–Crippen LogP) is 5.19. The monoisotopic (exact) mass is 255 g/mol. The van der Waals surface area contributed by atoms with Gasteiger partial charge in [0.15, 0.2) is 0 Å². The maximum absolute atomic E-state index is 4.76. The second kappa shape index (κ2) is 6.18. The molecule has 1 aliphatic rings. The maximum atomic E-state index is 4.76. The van der Waals surface area contributed by atoms with Crippen molar-refractivity contribution in [1.29, 1.82) is 0 Å². The van der Waals surface area contributed by atoms with Gasteiger partial charge < -0.3 is 0 Å². The maximum Gasteiger partial charge on any atom is 0.0461 e. The second-order valence-corrected chi connectivity index (χ2v) is 5.61. The van der Waals surface area contributed by atoms with Crippen LogP contribution >= 0.6 is 0 Å². The quantitative estimate of drug-likeness (QED) is 0.645. The molecule has 1 unspecified atom stereocenters. The van der Waals surface area contributed by atoms with Crippen molar-refractivity contribution in [3.63, 3.8) is 0 Å². The van der Waals surface area contributed by atoms with Gasteiger partial charge in [-0.1, -0.05) is 37.6 Å². The molecule has 0 fully saturated rings. The van der Waals surface area contributed by atoms with E-state index in [1.807, 2.05) is 0 Å². The molecule has 1 aromatic carbocycles. The molecule has 1 aromatic rings. The Balaban J connectivity index is 2.52. The van der Waals surface area contributed by atoms with E-state index < -0.39 is 0 Å². The zero-order chi connectivity index (χ0) is 13.8. The number of benzene rings is 1. The van der Waals surface area contributed by atoms with E-state index in [2.05, 4.69) is 52.1 Å². The first kappa shape index (κ1) is 14.0. The van der Waals surface area contributed by atoms with Gasteiger partial charge in [-0.15, -0.1) is 0 Å². The molecule has 1 atom stereocenters. The van der Waals surface area contributed by atoms with Crippen molar-refractivity contribution in [2.24, 2.45) is 4.99 Å². The summed E-state index contributed by atoms with van der Waals surface area (Å²) >= 11 is 0. The van der Waals surface area contributed by atoms with Gasteiger partial charge in [-0.05, 0) is 56.2 Å². The first-order valence-electron chi connectivity index (χ1n) is 7.45. The molecule has 0 aromatic heterocycles. The Morgan fingerprint density at radius 3 is 2.79 bits per heavy atom. The Hall–Kier alpha value is -1.37. The molecule has 0 aliphatic heterocycles. The molecule has 1 heteroatoms. The van der Waals surface area contributed by atoms with Gasteiger partial charge >= 0.3 is 0 Å². The van der Waals surface area contributed by atoms with E-state index in [1.165, 1.54) is 47.2 Å². The smallest absolute Gasteiger partial charge is 0.0461 e. The van der Waals surface area contributed by atoms with E-state index in [1.54, 1.807) is 0 Å². The van der Waals surface area contributed by atoms with Crippen LogP contribution in [0.3, 0.4) is 0 Å². The van der Waals surface area contributed by atoms with Crippen molar-refractivity contribution >= 4 is 6.21 Å². The number of hydrogen-bond donors (Lipinski definition) is 0. The van der Waals surface area contributed by atoms with Gasteiger partial charge in [-0.25, -0.2) is 0 Å². The van der Waals surface area contributed by atoms with Crippen LogP contribution in [0.4, 0.5) is 0 Å². The van der Waals surface area contributed by atoms with Crippen LogP contribution in [-0.4, -0.2) is 6.21 Å². The molecule has 0 radical (unpaired) electrons. The van der Waals surface area contributed by atoms with Gasteiger partial charge in [0, 0.05) is 17.8 Å². The van der Waals surface area contributed by atoms with Gasteiger partial charge in [0.1, 0.15) is 0 Å². The summed E-state index contributed by atoms with van der Waals surface area (Å²) in [6, 6.07) is 6.71. The molecule has 0 spiro atoms. The Morgan fingerprint density at radius 1 is 1.26 bits per heavy atom.